The second-order valence-electron chi connectivity index (χ2n) is 6.78. The zero-order valence-electron chi connectivity index (χ0n) is 16.1. The zero-order valence-corrected chi connectivity index (χ0v) is 17.0. The maximum atomic E-state index is 12.5. The third-order valence-corrected chi connectivity index (χ3v) is 5.58. The molecule has 1 aliphatic heterocycles. The molecular weight excluding hydrogens is 380 g/mol. The minimum atomic E-state index is -3.53. The molecule has 0 saturated carbocycles. The zero-order chi connectivity index (χ0) is 20.3. The van der Waals surface area contributed by atoms with Gasteiger partial charge in [0.15, 0.2) is 6.10 Å². The third-order valence-electron chi connectivity index (χ3n) is 4.43. The summed E-state index contributed by atoms with van der Waals surface area (Å²) >= 11 is 0. The van der Waals surface area contributed by atoms with Crippen LogP contribution in [0.3, 0.4) is 0 Å². The first-order valence-corrected chi connectivity index (χ1v) is 10.8. The fourth-order valence-corrected chi connectivity index (χ4v) is 3.88. The summed E-state index contributed by atoms with van der Waals surface area (Å²) in [5.74, 6) is 0.763. The summed E-state index contributed by atoms with van der Waals surface area (Å²) in [4.78, 5) is 12.5. The van der Waals surface area contributed by atoms with Crippen molar-refractivity contribution in [2.75, 3.05) is 30.3 Å². The maximum Gasteiger partial charge on any atom is 0.263 e. The summed E-state index contributed by atoms with van der Waals surface area (Å²) in [5.41, 5.74) is 2.56. The van der Waals surface area contributed by atoms with Crippen molar-refractivity contribution in [3.05, 3.63) is 53.6 Å². The lowest BCUT2D eigenvalue weighted by atomic mass is 10.1. The quantitative estimate of drug-likeness (QED) is 0.745. The molecule has 150 valence electrons. The Morgan fingerprint density at radius 1 is 1.25 bits per heavy atom. The van der Waals surface area contributed by atoms with Gasteiger partial charge in [-0.15, -0.1) is 0 Å². The molecule has 3 rings (SSSR count). The molecule has 0 fully saturated rings. The number of anilines is 1. The van der Waals surface area contributed by atoms with Crippen LogP contribution in [0.2, 0.25) is 0 Å². The molecule has 0 bridgehead atoms. The Bertz CT molecular complexity index is 974. The number of carbonyl (C=O) groups is 1. The van der Waals surface area contributed by atoms with Gasteiger partial charge in [0.05, 0.1) is 25.0 Å². The Balaban J connectivity index is 1.60. The summed E-state index contributed by atoms with van der Waals surface area (Å²) in [6.07, 6.45) is 0.188. The monoisotopic (exact) mass is 404 g/mol. The molecular formula is C20H24N2O5S. The van der Waals surface area contributed by atoms with Crippen LogP contribution in [0.4, 0.5) is 5.69 Å². The fraction of sp³-hybridized carbons (Fsp3) is 0.350. The van der Waals surface area contributed by atoms with Gasteiger partial charge in [0.25, 0.3) is 5.91 Å². The second-order valence-corrected chi connectivity index (χ2v) is 8.68. The molecule has 1 N–H and O–H groups in total. The summed E-state index contributed by atoms with van der Waals surface area (Å²) in [5, 5.41) is 2.75. The average molecular weight is 404 g/mol. The first kappa shape index (κ1) is 20.0. The summed E-state index contributed by atoms with van der Waals surface area (Å²) in [7, 11) is -3.53. The highest BCUT2D eigenvalue weighted by Crippen LogP contribution is 2.34. The fourth-order valence-electron chi connectivity index (χ4n) is 2.96. The molecule has 0 radical (unpaired) electrons. The topological polar surface area (TPSA) is 84.9 Å². The molecule has 1 heterocycles. The molecule has 0 spiro atoms. The Labute approximate surface area is 165 Å². The van der Waals surface area contributed by atoms with E-state index < -0.39 is 16.1 Å². The number of hydrogen-bond donors (Lipinski definition) is 1. The normalized spacial score (nSPS) is 16.1. The van der Waals surface area contributed by atoms with Gasteiger partial charge < -0.3 is 14.8 Å². The van der Waals surface area contributed by atoms with E-state index in [4.69, 9.17) is 9.47 Å². The molecule has 0 aromatic heterocycles. The number of nitrogens with one attached hydrogen (secondary N) is 1. The van der Waals surface area contributed by atoms with Crippen LogP contribution in [0, 0.1) is 13.8 Å². The number of amides is 1. The summed E-state index contributed by atoms with van der Waals surface area (Å²) in [6, 6.07) is 12.7. The number of rotatable bonds is 6. The minimum absolute atomic E-state index is 0.0699. The number of carbonyl (C=O) groups excluding carboxylic acids is 1. The molecule has 0 aliphatic carbocycles. The first-order valence-electron chi connectivity index (χ1n) is 8.97. The maximum absolute atomic E-state index is 12.5. The highest BCUT2D eigenvalue weighted by Gasteiger charge is 2.34. The van der Waals surface area contributed by atoms with Crippen molar-refractivity contribution in [1.29, 1.82) is 0 Å². The second kappa shape index (κ2) is 8.10. The predicted molar refractivity (Wildman–Crippen MR) is 107 cm³/mol. The minimum Gasteiger partial charge on any atom is -0.491 e. The molecule has 28 heavy (non-hydrogen) atoms. The molecule has 1 atom stereocenters. The number of benzene rings is 2. The Morgan fingerprint density at radius 3 is 2.75 bits per heavy atom. The molecule has 2 aromatic rings. The van der Waals surface area contributed by atoms with Gasteiger partial charge in [0, 0.05) is 0 Å². The highest BCUT2D eigenvalue weighted by atomic mass is 32.2. The molecule has 0 saturated heterocycles. The van der Waals surface area contributed by atoms with Gasteiger partial charge in [-0.05, 0) is 43.2 Å². The number of aryl methyl sites for hydroxylation is 2. The van der Waals surface area contributed by atoms with E-state index in [1.807, 2.05) is 32.0 Å². The summed E-state index contributed by atoms with van der Waals surface area (Å²) < 4.78 is 36.9. The van der Waals surface area contributed by atoms with Gasteiger partial charge in [-0.25, -0.2) is 8.42 Å². The smallest absolute Gasteiger partial charge is 0.263 e. The van der Waals surface area contributed by atoms with E-state index >= 15 is 0 Å². The van der Waals surface area contributed by atoms with E-state index in [2.05, 4.69) is 5.32 Å². The van der Waals surface area contributed by atoms with Crippen molar-refractivity contribution < 1.29 is 22.7 Å². The van der Waals surface area contributed by atoms with E-state index in [0.717, 1.165) is 23.1 Å². The van der Waals surface area contributed by atoms with Gasteiger partial charge in [0.1, 0.15) is 18.1 Å². The average Bonchev–Trinajstić information content (AvgIpc) is 2.66. The molecule has 7 nitrogen and oxygen atoms in total. The number of para-hydroxylation sites is 2. The van der Waals surface area contributed by atoms with Crippen LogP contribution in [0.15, 0.2) is 42.5 Å². The molecule has 2 aromatic carbocycles. The third kappa shape index (κ3) is 4.56. The van der Waals surface area contributed by atoms with Gasteiger partial charge in [0.2, 0.25) is 10.0 Å². The van der Waals surface area contributed by atoms with Crippen molar-refractivity contribution in [1.82, 2.24) is 5.32 Å². The Hall–Kier alpha value is -2.74. The van der Waals surface area contributed by atoms with Crippen molar-refractivity contribution in [2.24, 2.45) is 0 Å². The molecule has 1 aliphatic rings. The molecule has 8 heteroatoms. The summed E-state index contributed by atoms with van der Waals surface area (Å²) in [6.45, 7) is 4.46. The van der Waals surface area contributed by atoms with Crippen molar-refractivity contribution >= 4 is 21.6 Å². The largest absolute Gasteiger partial charge is 0.491 e. The lowest BCUT2D eigenvalue weighted by Crippen LogP contribution is -2.51. The van der Waals surface area contributed by atoms with Gasteiger partial charge in [-0.2, -0.15) is 0 Å². The van der Waals surface area contributed by atoms with E-state index in [-0.39, 0.29) is 19.0 Å². The van der Waals surface area contributed by atoms with Crippen molar-refractivity contribution in [3.63, 3.8) is 0 Å². The lowest BCUT2D eigenvalue weighted by Gasteiger charge is -2.33. The standard InChI is InChI=1S/C20H24N2O5S/c1-14-8-9-15(2)18(12-14)26-11-10-21-20(23)19-13-22(28(3,24)25)16-6-4-5-7-17(16)27-19/h4-9,12,19H,10-11,13H2,1-3H3,(H,21,23). The van der Waals surface area contributed by atoms with E-state index in [1.54, 1.807) is 24.3 Å². The van der Waals surface area contributed by atoms with Gasteiger partial charge >= 0.3 is 0 Å². The first-order chi connectivity index (χ1) is 13.3. The Kier molecular flexibility index (Phi) is 5.79. The van der Waals surface area contributed by atoms with Crippen LogP contribution in [-0.4, -0.2) is 46.4 Å². The van der Waals surface area contributed by atoms with Crippen LogP contribution in [-0.2, 0) is 14.8 Å². The Morgan fingerprint density at radius 2 is 2.00 bits per heavy atom. The van der Waals surface area contributed by atoms with Crippen LogP contribution >= 0.6 is 0 Å². The van der Waals surface area contributed by atoms with Crippen molar-refractivity contribution in [3.8, 4) is 11.5 Å². The molecule has 1 amide bonds. The predicted octanol–water partition coefficient (Wildman–Crippen LogP) is 2.03. The van der Waals surface area contributed by atoms with Crippen molar-refractivity contribution in [2.45, 2.75) is 20.0 Å². The number of sulfonamides is 1. The van der Waals surface area contributed by atoms with Crippen LogP contribution in [0.25, 0.3) is 0 Å². The molecule has 1 unspecified atom stereocenters. The van der Waals surface area contributed by atoms with E-state index in [9.17, 15) is 13.2 Å². The van der Waals surface area contributed by atoms with Crippen LogP contribution in [0.5, 0.6) is 11.5 Å². The lowest BCUT2D eigenvalue weighted by molar-refractivity contribution is -0.127. The number of hydrogen-bond acceptors (Lipinski definition) is 5. The SMILES string of the molecule is Cc1ccc(C)c(OCCNC(=O)C2CN(S(C)(=O)=O)c3ccccc3O2)c1. The van der Waals surface area contributed by atoms with Gasteiger partial charge in [-0.1, -0.05) is 24.3 Å². The number of nitrogens with zero attached hydrogens (tertiary/aromatic N) is 1. The number of ether oxygens (including phenoxy) is 2. The number of fused-ring (bicyclic) bond motifs is 1. The van der Waals surface area contributed by atoms with E-state index in [1.165, 1.54) is 4.31 Å². The van der Waals surface area contributed by atoms with Crippen LogP contribution in [0.1, 0.15) is 11.1 Å². The highest BCUT2D eigenvalue weighted by molar-refractivity contribution is 7.92. The van der Waals surface area contributed by atoms with Crippen LogP contribution < -0.4 is 19.1 Å². The van der Waals surface area contributed by atoms with Gasteiger partial charge in [-0.3, -0.25) is 9.10 Å². The van der Waals surface area contributed by atoms with E-state index in [0.29, 0.717) is 18.0 Å².